The predicted octanol–water partition coefficient (Wildman–Crippen LogP) is 3.65. The van der Waals surface area contributed by atoms with Crippen molar-refractivity contribution in [3.63, 3.8) is 0 Å². The molecule has 4 aromatic heterocycles. The molecule has 196 valence electrons. The molecule has 0 aliphatic heterocycles. The van der Waals surface area contributed by atoms with Gasteiger partial charge in [-0.05, 0) is 73.6 Å². The average Bonchev–Trinajstić information content (AvgIpc) is 3.68. The van der Waals surface area contributed by atoms with Crippen molar-refractivity contribution in [3.05, 3.63) is 82.0 Å². The molecule has 1 aliphatic rings. The van der Waals surface area contributed by atoms with E-state index in [4.69, 9.17) is 0 Å². The number of carbonyl (C=O) groups is 2. The van der Waals surface area contributed by atoms with Crippen LogP contribution in [0.15, 0.2) is 48.7 Å². The van der Waals surface area contributed by atoms with Gasteiger partial charge in [0.25, 0.3) is 0 Å². The lowest BCUT2D eigenvalue weighted by Crippen LogP contribution is -2.16. The average molecular weight is 539 g/mol. The first-order chi connectivity index (χ1) is 19.0. The minimum atomic E-state index is -0.191. The normalized spacial score (nSPS) is 12.3. The molecule has 2 amide bonds. The number of nitrogens with one attached hydrogen (secondary N) is 2. The Balaban J connectivity index is 1.06. The Bertz CT molecular complexity index is 1520. The minimum absolute atomic E-state index is 0.176. The van der Waals surface area contributed by atoms with Gasteiger partial charge in [0.15, 0.2) is 5.82 Å². The third kappa shape index (κ3) is 7.96. The summed E-state index contributed by atoms with van der Waals surface area (Å²) < 4.78 is 0. The summed E-state index contributed by atoms with van der Waals surface area (Å²) in [6.07, 6.45) is 5.56. The van der Waals surface area contributed by atoms with Gasteiger partial charge in [0.2, 0.25) is 16.9 Å². The van der Waals surface area contributed by atoms with Crippen LogP contribution in [0, 0.1) is 18.8 Å². The molecule has 5 rings (SSSR count). The van der Waals surface area contributed by atoms with Crippen LogP contribution in [0.1, 0.15) is 58.5 Å². The zero-order valence-electron chi connectivity index (χ0n) is 21.3. The number of anilines is 2. The van der Waals surface area contributed by atoms with Crippen LogP contribution < -0.4 is 10.6 Å². The van der Waals surface area contributed by atoms with E-state index in [0.29, 0.717) is 41.1 Å². The smallest absolute Gasteiger partial charge is 0.232 e. The Kier molecular flexibility index (Phi) is 8.23. The molecule has 1 fully saturated rings. The highest BCUT2D eigenvalue weighted by Gasteiger charge is 2.24. The summed E-state index contributed by atoms with van der Waals surface area (Å²) in [6, 6.07) is 13.0. The quantitative estimate of drug-likeness (QED) is 0.308. The van der Waals surface area contributed by atoms with Gasteiger partial charge in [0.05, 0.1) is 18.5 Å². The van der Waals surface area contributed by atoms with Crippen LogP contribution in [0.25, 0.3) is 0 Å². The number of rotatable bonds is 9. The number of hydrogen-bond donors (Lipinski definition) is 2. The molecule has 0 atom stereocenters. The molecule has 2 N–H and O–H groups in total. The number of aromatic nitrogens is 6. The summed E-state index contributed by atoms with van der Waals surface area (Å²) in [7, 11) is 0. The first kappa shape index (κ1) is 26.1. The lowest BCUT2D eigenvalue weighted by Gasteiger charge is -2.07. The van der Waals surface area contributed by atoms with Crippen LogP contribution in [0.5, 0.6) is 0 Å². The molecule has 1 aliphatic carbocycles. The van der Waals surface area contributed by atoms with Crippen molar-refractivity contribution >= 4 is 34.1 Å². The molecule has 11 heteroatoms. The zero-order valence-corrected chi connectivity index (χ0v) is 22.2. The van der Waals surface area contributed by atoms with E-state index in [-0.39, 0.29) is 24.7 Å². The topological polar surface area (TPSA) is 136 Å². The fourth-order valence-corrected chi connectivity index (χ4v) is 4.64. The number of hydrogen-bond acceptors (Lipinski definition) is 9. The van der Waals surface area contributed by atoms with Crippen LogP contribution in [-0.4, -0.2) is 42.2 Å². The highest BCUT2D eigenvalue weighted by atomic mass is 32.1. The van der Waals surface area contributed by atoms with Crippen LogP contribution in [-0.2, 0) is 28.9 Å². The van der Waals surface area contributed by atoms with E-state index in [1.165, 1.54) is 29.7 Å². The standard InChI is InChI=1S/C28H26N8O2S/c1-18-14-20(19-9-10-19)15-23(30-18)17-25(37)31-24-12-11-21(33-34-24)6-2-3-8-27-35-36-28(39-27)32-26(38)16-22-7-4-5-13-29-22/h4-5,7,11-15,19H,3,8-10,16-17H2,1H3,(H,31,34,37)(H,32,36,38). The van der Waals surface area contributed by atoms with Crippen molar-refractivity contribution in [2.45, 2.75) is 51.4 Å². The van der Waals surface area contributed by atoms with Crippen molar-refractivity contribution in [3.8, 4) is 11.8 Å². The van der Waals surface area contributed by atoms with E-state index in [1.807, 2.05) is 19.1 Å². The molecule has 4 aromatic rings. The molecule has 0 saturated heterocycles. The van der Waals surface area contributed by atoms with E-state index in [9.17, 15) is 9.59 Å². The lowest BCUT2D eigenvalue weighted by molar-refractivity contribution is -0.116. The highest BCUT2D eigenvalue weighted by molar-refractivity contribution is 7.15. The molecule has 0 unspecified atom stereocenters. The minimum Gasteiger partial charge on any atom is -0.309 e. The van der Waals surface area contributed by atoms with Gasteiger partial charge in [-0.25, -0.2) is 0 Å². The molecular formula is C28H26N8O2S. The van der Waals surface area contributed by atoms with Crippen LogP contribution in [0.3, 0.4) is 0 Å². The Morgan fingerprint density at radius 2 is 1.82 bits per heavy atom. The molecule has 0 radical (unpaired) electrons. The number of amides is 2. The fraction of sp³-hybridized carbons (Fsp3) is 0.286. The maximum atomic E-state index is 12.5. The Morgan fingerprint density at radius 1 is 0.974 bits per heavy atom. The molecule has 0 aromatic carbocycles. The van der Waals surface area contributed by atoms with Crippen LogP contribution >= 0.6 is 11.3 Å². The van der Waals surface area contributed by atoms with Crippen LogP contribution in [0.2, 0.25) is 0 Å². The second-order valence-electron chi connectivity index (χ2n) is 9.18. The van der Waals surface area contributed by atoms with Crippen molar-refractivity contribution in [1.29, 1.82) is 0 Å². The van der Waals surface area contributed by atoms with E-state index in [2.05, 4.69) is 58.9 Å². The van der Waals surface area contributed by atoms with Gasteiger partial charge in [-0.2, -0.15) is 0 Å². The molecule has 0 bridgehead atoms. The van der Waals surface area contributed by atoms with E-state index < -0.39 is 0 Å². The number of nitrogens with zero attached hydrogens (tertiary/aromatic N) is 6. The molecule has 4 heterocycles. The Labute approximate surface area is 229 Å². The van der Waals surface area contributed by atoms with Crippen molar-refractivity contribution in [2.75, 3.05) is 10.6 Å². The molecular weight excluding hydrogens is 512 g/mol. The first-order valence-electron chi connectivity index (χ1n) is 12.6. The number of aryl methyl sites for hydroxylation is 2. The summed E-state index contributed by atoms with van der Waals surface area (Å²) in [6.45, 7) is 1.95. The second kappa shape index (κ2) is 12.3. The van der Waals surface area contributed by atoms with E-state index in [0.717, 1.165) is 16.4 Å². The van der Waals surface area contributed by atoms with E-state index >= 15 is 0 Å². The summed E-state index contributed by atoms with van der Waals surface area (Å²) >= 11 is 1.32. The lowest BCUT2D eigenvalue weighted by atomic mass is 10.1. The largest absolute Gasteiger partial charge is 0.309 e. The monoisotopic (exact) mass is 538 g/mol. The zero-order chi connectivity index (χ0) is 27.0. The van der Waals surface area contributed by atoms with Crippen molar-refractivity contribution in [2.24, 2.45) is 0 Å². The first-order valence-corrected chi connectivity index (χ1v) is 13.4. The summed E-state index contributed by atoms with van der Waals surface area (Å²) in [5.74, 6) is 6.61. The van der Waals surface area contributed by atoms with Gasteiger partial charge in [0, 0.05) is 30.4 Å². The highest BCUT2D eigenvalue weighted by Crippen LogP contribution is 2.40. The summed E-state index contributed by atoms with van der Waals surface area (Å²) in [5.41, 5.74) is 4.15. The van der Waals surface area contributed by atoms with E-state index in [1.54, 1.807) is 30.5 Å². The van der Waals surface area contributed by atoms with Crippen molar-refractivity contribution in [1.82, 2.24) is 30.4 Å². The van der Waals surface area contributed by atoms with Crippen LogP contribution in [0.4, 0.5) is 10.9 Å². The molecule has 1 saturated carbocycles. The maximum absolute atomic E-state index is 12.5. The van der Waals surface area contributed by atoms with Crippen molar-refractivity contribution < 1.29 is 9.59 Å². The number of carbonyl (C=O) groups excluding carboxylic acids is 2. The van der Waals surface area contributed by atoms with Gasteiger partial charge in [-0.1, -0.05) is 23.3 Å². The van der Waals surface area contributed by atoms with Gasteiger partial charge in [-0.3, -0.25) is 19.6 Å². The predicted molar refractivity (Wildman–Crippen MR) is 147 cm³/mol. The van der Waals surface area contributed by atoms with Gasteiger partial charge in [-0.15, -0.1) is 20.4 Å². The Hall–Kier alpha value is -4.56. The SMILES string of the molecule is Cc1cc(C2CC2)cc(CC(=O)Nc2ccc(C#CCCc3nnc(NC(=O)Cc4ccccn4)s3)nn2)n1. The Morgan fingerprint density at radius 3 is 2.59 bits per heavy atom. The van der Waals surface area contributed by atoms with Gasteiger partial charge >= 0.3 is 0 Å². The van der Waals surface area contributed by atoms with Gasteiger partial charge < -0.3 is 10.6 Å². The molecule has 0 spiro atoms. The molecule has 39 heavy (non-hydrogen) atoms. The number of pyridine rings is 2. The summed E-state index contributed by atoms with van der Waals surface area (Å²) in [5, 5.41) is 23.0. The summed E-state index contributed by atoms with van der Waals surface area (Å²) in [4.78, 5) is 33.3. The molecule has 10 nitrogen and oxygen atoms in total. The third-order valence-electron chi connectivity index (χ3n) is 5.81. The maximum Gasteiger partial charge on any atom is 0.232 e. The van der Waals surface area contributed by atoms with Gasteiger partial charge in [0.1, 0.15) is 10.7 Å². The fourth-order valence-electron chi connectivity index (χ4n) is 3.88. The second-order valence-corrected chi connectivity index (χ2v) is 10.2. The third-order valence-corrected chi connectivity index (χ3v) is 6.71.